The number of aromatic nitrogens is 3. The summed E-state index contributed by atoms with van der Waals surface area (Å²) in [4.78, 5) is 4.72. The van der Waals surface area contributed by atoms with Crippen LogP contribution in [0.25, 0.3) is 0 Å². The molecule has 26 heavy (non-hydrogen) atoms. The van der Waals surface area contributed by atoms with E-state index in [1.54, 1.807) is 6.33 Å². The Labute approximate surface area is 160 Å². The van der Waals surface area contributed by atoms with Gasteiger partial charge in [-0.1, -0.05) is 37.3 Å². The Morgan fingerprint density at radius 2 is 2.00 bits per heavy atom. The van der Waals surface area contributed by atoms with Gasteiger partial charge in [0.15, 0.2) is 5.96 Å². The first kappa shape index (κ1) is 20.3. The monoisotopic (exact) mass is 374 g/mol. The van der Waals surface area contributed by atoms with Crippen LogP contribution in [0.3, 0.4) is 0 Å². The molecule has 7 heteroatoms. The molecule has 2 aromatic rings. The quantitative estimate of drug-likeness (QED) is 0.359. The van der Waals surface area contributed by atoms with Crippen molar-refractivity contribution in [2.24, 2.45) is 4.99 Å². The number of aliphatic imine (C=N–C) groups is 1. The highest BCUT2D eigenvalue weighted by Gasteiger charge is 2.02. The predicted molar refractivity (Wildman–Crippen MR) is 111 cm³/mol. The molecule has 0 amide bonds. The summed E-state index contributed by atoms with van der Waals surface area (Å²) in [5.41, 5.74) is 1.37. The normalized spacial score (nSPS) is 11.5. The zero-order chi connectivity index (χ0) is 18.5. The Balaban J connectivity index is 1.77. The molecular weight excluding hydrogens is 344 g/mol. The number of nitrogens with one attached hydrogen (secondary N) is 2. The van der Waals surface area contributed by atoms with E-state index in [0.717, 1.165) is 63.0 Å². The molecule has 1 heterocycles. The average Bonchev–Trinajstić information content (AvgIpc) is 3.13. The fraction of sp³-hybridized carbons (Fsp3) is 0.526. The van der Waals surface area contributed by atoms with E-state index in [0.29, 0.717) is 0 Å². The third-order valence-electron chi connectivity index (χ3n) is 3.99. The van der Waals surface area contributed by atoms with E-state index in [4.69, 9.17) is 4.99 Å². The largest absolute Gasteiger partial charge is 0.356 e. The van der Waals surface area contributed by atoms with Crippen LogP contribution in [0.5, 0.6) is 0 Å². The smallest absolute Gasteiger partial charge is 0.191 e. The van der Waals surface area contributed by atoms with Crippen molar-refractivity contribution in [1.82, 2.24) is 25.4 Å². The molecule has 0 unspecified atom stereocenters. The zero-order valence-corrected chi connectivity index (χ0v) is 16.6. The Morgan fingerprint density at radius 1 is 1.19 bits per heavy atom. The Morgan fingerprint density at radius 3 is 2.77 bits per heavy atom. The zero-order valence-electron chi connectivity index (χ0n) is 15.8. The van der Waals surface area contributed by atoms with Crippen molar-refractivity contribution >= 4 is 17.7 Å². The van der Waals surface area contributed by atoms with Gasteiger partial charge in [0.2, 0.25) is 0 Å². The third-order valence-corrected chi connectivity index (χ3v) is 4.60. The van der Waals surface area contributed by atoms with Crippen LogP contribution in [-0.2, 0) is 19.4 Å². The lowest BCUT2D eigenvalue weighted by Gasteiger charge is -2.13. The van der Waals surface area contributed by atoms with Gasteiger partial charge in [0.05, 0.1) is 0 Å². The van der Waals surface area contributed by atoms with Gasteiger partial charge in [-0.15, -0.1) is 10.2 Å². The van der Waals surface area contributed by atoms with E-state index in [2.05, 4.69) is 68.9 Å². The van der Waals surface area contributed by atoms with Gasteiger partial charge in [-0.05, 0) is 24.7 Å². The number of hydrogen-bond acceptors (Lipinski definition) is 4. The Hall–Kier alpha value is -2.02. The highest BCUT2D eigenvalue weighted by Crippen LogP contribution is 2.02. The van der Waals surface area contributed by atoms with Crippen LogP contribution in [-0.4, -0.2) is 52.4 Å². The highest BCUT2D eigenvalue weighted by molar-refractivity contribution is 7.98. The second kappa shape index (κ2) is 12.4. The molecule has 2 N–H and O–H groups in total. The van der Waals surface area contributed by atoms with Crippen LogP contribution in [0.1, 0.15) is 24.7 Å². The SMILES string of the molecule is CCc1nncn1CCNC(=NCCCc1ccccc1)NCCSC. The number of guanidine groups is 1. The molecule has 0 aliphatic carbocycles. The van der Waals surface area contributed by atoms with Crippen LogP contribution in [0.15, 0.2) is 41.7 Å². The van der Waals surface area contributed by atoms with E-state index >= 15 is 0 Å². The molecule has 1 aromatic carbocycles. The van der Waals surface area contributed by atoms with Crippen molar-refractivity contribution in [3.8, 4) is 0 Å². The molecule has 0 aliphatic heterocycles. The van der Waals surface area contributed by atoms with Crippen molar-refractivity contribution in [3.05, 3.63) is 48.0 Å². The van der Waals surface area contributed by atoms with E-state index in [-0.39, 0.29) is 0 Å². The summed E-state index contributed by atoms with van der Waals surface area (Å²) in [5, 5.41) is 14.9. The lowest BCUT2D eigenvalue weighted by Crippen LogP contribution is -2.40. The third kappa shape index (κ3) is 7.47. The molecule has 0 aliphatic rings. The standard InChI is InChI=1S/C19H30N6S/c1-3-18-24-23-16-25(18)14-12-21-19(22-13-15-26-2)20-11-7-10-17-8-5-4-6-9-17/h4-6,8-9,16H,3,7,10-15H2,1-2H3,(H2,20,21,22). The topological polar surface area (TPSA) is 67.1 Å². The summed E-state index contributed by atoms with van der Waals surface area (Å²) in [6, 6.07) is 10.6. The molecule has 1 aromatic heterocycles. The minimum atomic E-state index is 0.800. The number of thioether (sulfide) groups is 1. The molecule has 0 saturated carbocycles. The van der Waals surface area contributed by atoms with E-state index in [1.165, 1.54) is 5.56 Å². The molecular formula is C19H30N6S. The number of aryl methyl sites for hydroxylation is 2. The predicted octanol–water partition coefficient (Wildman–Crippen LogP) is 2.37. The minimum absolute atomic E-state index is 0.800. The fourth-order valence-corrected chi connectivity index (χ4v) is 2.90. The average molecular weight is 375 g/mol. The van der Waals surface area contributed by atoms with E-state index < -0.39 is 0 Å². The molecule has 0 bridgehead atoms. The van der Waals surface area contributed by atoms with Gasteiger partial charge in [0.1, 0.15) is 12.2 Å². The van der Waals surface area contributed by atoms with Crippen molar-refractivity contribution < 1.29 is 0 Å². The highest BCUT2D eigenvalue weighted by atomic mass is 32.2. The molecule has 142 valence electrons. The number of nitrogens with zero attached hydrogens (tertiary/aromatic N) is 4. The van der Waals surface area contributed by atoms with Gasteiger partial charge in [-0.2, -0.15) is 11.8 Å². The van der Waals surface area contributed by atoms with Gasteiger partial charge in [-0.3, -0.25) is 4.99 Å². The lowest BCUT2D eigenvalue weighted by atomic mass is 10.1. The van der Waals surface area contributed by atoms with Crippen molar-refractivity contribution in [1.29, 1.82) is 0 Å². The van der Waals surface area contributed by atoms with E-state index in [9.17, 15) is 0 Å². The first-order valence-electron chi connectivity index (χ1n) is 9.25. The minimum Gasteiger partial charge on any atom is -0.356 e. The van der Waals surface area contributed by atoms with Gasteiger partial charge < -0.3 is 15.2 Å². The maximum atomic E-state index is 4.72. The number of rotatable bonds is 11. The van der Waals surface area contributed by atoms with Crippen molar-refractivity contribution in [2.75, 3.05) is 31.6 Å². The lowest BCUT2D eigenvalue weighted by molar-refractivity contribution is 0.632. The summed E-state index contributed by atoms with van der Waals surface area (Å²) in [5.74, 6) is 2.97. The van der Waals surface area contributed by atoms with Crippen LogP contribution in [0, 0.1) is 0 Å². The maximum Gasteiger partial charge on any atom is 0.191 e. The van der Waals surface area contributed by atoms with Crippen LogP contribution in [0.4, 0.5) is 0 Å². The number of hydrogen-bond donors (Lipinski definition) is 2. The Kier molecular flexibility index (Phi) is 9.64. The molecule has 2 rings (SSSR count). The second-order valence-corrected chi connectivity index (χ2v) is 6.95. The summed E-state index contributed by atoms with van der Waals surface area (Å²) in [6.45, 7) is 5.46. The molecule has 0 saturated heterocycles. The molecule has 0 radical (unpaired) electrons. The van der Waals surface area contributed by atoms with Crippen LogP contribution < -0.4 is 10.6 Å². The summed E-state index contributed by atoms with van der Waals surface area (Å²) < 4.78 is 2.09. The Bertz CT molecular complexity index is 640. The van der Waals surface area contributed by atoms with Gasteiger partial charge in [0.25, 0.3) is 0 Å². The molecule has 0 atom stereocenters. The van der Waals surface area contributed by atoms with Crippen LogP contribution in [0.2, 0.25) is 0 Å². The summed E-state index contributed by atoms with van der Waals surface area (Å²) >= 11 is 1.83. The van der Waals surface area contributed by atoms with Crippen LogP contribution >= 0.6 is 11.8 Å². The molecule has 6 nitrogen and oxygen atoms in total. The maximum absolute atomic E-state index is 4.72. The van der Waals surface area contributed by atoms with Gasteiger partial charge in [-0.25, -0.2) is 0 Å². The van der Waals surface area contributed by atoms with E-state index in [1.807, 2.05) is 11.8 Å². The number of benzene rings is 1. The fourth-order valence-electron chi connectivity index (χ4n) is 2.60. The molecule has 0 fully saturated rings. The molecule has 0 spiro atoms. The van der Waals surface area contributed by atoms with Gasteiger partial charge in [0, 0.05) is 38.4 Å². The van der Waals surface area contributed by atoms with Gasteiger partial charge >= 0.3 is 0 Å². The summed E-state index contributed by atoms with van der Waals surface area (Å²) in [6.07, 6.45) is 6.91. The first-order valence-corrected chi connectivity index (χ1v) is 10.6. The second-order valence-electron chi connectivity index (χ2n) is 5.96. The van der Waals surface area contributed by atoms with Crippen molar-refractivity contribution in [2.45, 2.75) is 32.7 Å². The van der Waals surface area contributed by atoms with Crippen molar-refractivity contribution in [3.63, 3.8) is 0 Å². The first-order chi connectivity index (χ1) is 12.8. The summed E-state index contributed by atoms with van der Waals surface area (Å²) in [7, 11) is 0.